The summed E-state index contributed by atoms with van der Waals surface area (Å²) in [5.74, 6) is 0.372. The van der Waals surface area contributed by atoms with Crippen LogP contribution in [-0.4, -0.2) is 26.7 Å². The maximum atomic E-state index is 12.5. The second-order valence-electron chi connectivity index (χ2n) is 7.66. The van der Waals surface area contributed by atoms with Gasteiger partial charge >= 0.3 is 0 Å². The Kier molecular flexibility index (Phi) is 6.52. The fourth-order valence-corrected chi connectivity index (χ4v) is 4.22. The first-order valence-corrected chi connectivity index (χ1v) is 11.5. The highest BCUT2D eigenvalue weighted by atomic mass is 32.2. The molecular formula is C22H27NO4S. The van der Waals surface area contributed by atoms with Gasteiger partial charge in [-0.2, -0.15) is 0 Å². The summed E-state index contributed by atoms with van der Waals surface area (Å²) in [6.07, 6.45) is 6.14. The number of amides is 1. The summed E-state index contributed by atoms with van der Waals surface area (Å²) in [5, 5.41) is 2.83. The third-order valence-corrected chi connectivity index (χ3v) is 6.19. The van der Waals surface area contributed by atoms with Gasteiger partial charge in [0.15, 0.2) is 9.84 Å². The van der Waals surface area contributed by atoms with E-state index in [0.717, 1.165) is 24.7 Å². The van der Waals surface area contributed by atoms with Crippen molar-refractivity contribution in [2.45, 2.75) is 50.2 Å². The summed E-state index contributed by atoms with van der Waals surface area (Å²) >= 11 is 0. The summed E-state index contributed by atoms with van der Waals surface area (Å²) in [7, 11) is -3.36. The number of carbonyl (C=O) groups is 1. The van der Waals surface area contributed by atoms with Gasteiger partial charge < -0.3 is 10.1 Å². The number of benzene rings is 2. The van der Waals surface area contributed by atoms with Crippen LogP contribution in [0.2, 0.25) is 0 Å². The van der Waals surface area contributed by atoms with Crippen molar-refractivity contribution in [3.63, 3.8) is 0 Å². The zero-order valence-corrected chi connectivity index (χ0v) is 17.2. The third-order valence-electron chi connectivity index (χ3n) is 5.08. The Labute approximate surface area is 167 Å². The van der Waals surface area contributed by atoms with Gasteiger partial charge in [0.05, 0.1) is 17.6 Å². The van der Waals surface area contributed by atoms with E-state index < -0.39 is 9.84 Å². The molecule has 0 heterocycles. The largest absolute Gasteiger partial charge is 0.374 e. The van der Waals surface area contributed by atoms with E-state index in [2.05, 4.69) is 12.2 Å². The van der Waals surface area contributed by atoms with Crippen molar-refractivity contribution in [3.8, 4) is 0 Å². The molecule has 0 aromatic heterocycles. The van der Waals surface area contributed by atoms with Crippen molar-refractivity contribution >= 4 is 21.4 Å². The standard InChI is InChI=1S/C22H27NO4S/c1-16-6-3-10-20(12-16)27-15-17-7-4-9-19(13-17)23-22(24)18-8-5-11-21(14-18)28(2,25)26/h4-5,7-9,11,13-14,16,20H,3,6,10,12,15H2,1-2H3,(H,23,24). The Morgan fingerprint density at radius 1 is 1.14 bits per heavy atom. The van der Waals surface area contributed by atoms with E-state index in [-0.39, 0.29) is 10.8 Å². The molecule has 150 valence electrons. The lowest BCUT2D eigenvalue weighted by atomic mass is 9.89. The fourth-order valence-electron chi connectivity index (χ4n) is 3.55. The molecule has 0 saturated heterocycles. The SMILES string of the molecule is CC1CCCC(OCc2cccc(NC(=O)c3cccc(S(C)(=O)=O)c3)c2)C1. The average molecular weight is 402 g/mol. The Bertz CT molecular complexity index is 939. The molecule has 0 bridgehead atoms. The number of carbonyl (C=O) groups excluding carboxylic acids is 1. The maximum absolute atomic E-state index is 12.5. The second-order valence-corrected chi connectivity index (χ2v) is 9.68. The number of hydrogen-bond donors (Lipinski definition) is 1. The van der Waals surface area contributed by atoms with Crippen LogP contribution < -0.4 is 5.32 Å². The number of nitrogens with one attached hydrogen (secondary N) is 1. The first-order valence-electron chi connectivity index (χ1n) is 9.63. The molecule has 28 heavy (non-hydrogen) atoms. The summed E-state index contributed by atoms with van der Waals surface area (Å²) in [6.45, 7) is 2.79. The first kappa shape index (κ1) is 20.6. The normalized spacial score (nSPS) is 19.9. The Morgan fingerprint density at radius 3 is 2.68 bits per heavy atom. The van der Waals surface area contributed by atoms with E-state index in [0.29, 0.717) is 29.9 Å². The zero-order chi connectivity index (χ0) is 20.1. The van der Waals surface area contributed by atoms with Crippen molar-refractivity contribution in [1.29, 1.82) is 0 Å². The van der Waals surface area contributed by atoms with E-state index in [1.54, 1.807) is 12.1 Å². The summed E-state index contributed by atoms with van der Waals surface area (Å²) in [6, 6.07) is 13.6. The molecule has 0 spiro atoms. The van der Waals surface area contributed by atoms with Gasteiger partial charge in [-0.15, -0.1) is 0 Å². The van der Waals surface area contributed by atoms with Crippen molar-refractivity contribution < 1.29 is 17.9 Å². The van der Waals surface area contributed by atoms with Crippen LogP contribution in [0, 0.1) is 5.92 Å². The zero-order valence-electron chi connectivity index (χ0n) is 16.4. The van der Waals surface area contributed by atoms with Crippen LogP contribution >= 0.6 is 0 Å². The smallest absolute Gasteiger partial charge is 0.255 e. The van der Waals surface area contributed by atoms with E-state index in [1.165, 1.54) is 25.0 Å². The molecule has 1 N–H and O–H groups in total. The lowest BCUT2D eigenvalue weighted by Gasteiger charge is -2.26. The summed E-state index contributed by atoms with van der Waals surface area (Å²) < 4.78 is 29.4. The van der Waals surface area contributed by atoms with E-state index in [9.17, 15) is 13.2 Å². The van der Waals surface area contributed by atoms with E-state index >= 15 is 0 Å². The molecule has 1 amide bonds. The van der Waals surface area contributed by atoms with Crippen LogP contribution in [0.3, 0.4) is 0 Å². The lowest BCUT2D eigenvalue weighted by molar-refractivity contribution is 0.00468. The van der Waals surface area contributed by atoms with Gasteiger partial charge in [-0.25, -0.2) is 8.42 Å². The molecule has 2 aromatic rings. The van der Waals surface area contributed by atoms with Gasteiger partial charge in [-0.3, -0.25) is 4.79 Å². The fraction of sp³-hybridized carbons (Fsp3) is 0.409. The molecular weight excluding hydrogens is 374 g/mol. The summed E-state index contributed by atoms with van der Waals surface area (Å²) in [5.41, 5.74) is 1.97. The highest BCUT2D eigenvalue weighted by Crippen LogP contribution is 2.26. The van der Waals surface area contributed by atoms with Crippen molar-refractivity contribution in [2.75, 3.05) is 11.6 Å². The molecule has 2 unspecified atom stereocenters. The number of anilines is 1. The molecule has 1 fully saturated rings. The van der Waals surface area contributed by atoms with Gasteiger partial charge in [-0.1, -0.05) is 38.0 Å². The predicted octanol–water partition coefficient (Wildman–Crippen LogP) is 4.44. The third kappa shape index (κ3) is 5.66. The molecule has 3 rings (SSSR count). The second kappa shape index (κ2) is 8.88. The Balaban J connectivity index is 1.63. The monoisotopic (exact) mass is 401 g/mol. The molecule has 0 radical (unpaired) electrons. The lowest BCUT2D eigenvalue weighted by Crippen LogP contribution is -2.21. The van der Waals surface area contributed by atoms with Gasteiger partial charge in [0.1, 0.15) is 0 Å². The van der Waals surface area contributed by atoms with Crippen LogP contribution in [0.5, 0.6) is 0 Å². The van der Waals surface area contributed by atoms with Gasteiger partial charge in [0, 0.05) is 17.5 Å². The number of sulfone groups is 1. The molecule has 1 saturated carbocycles. The van der Waals surface area contributed by atoms with Crippen LogP contribution in [0.25, 0.3) is 0 Å². The van der Waals surface area contributed by atoms with Crippen molar-refractivity contribution in [2.24, 2.45) is 5.92 Å². The quantitative estimate of drug-likeness (QED) is 0.777. The number of ether oxygens (including phenoxy) is 1. The maximum Gasteiger partial charge on any atom is 0.255 e. The van der Waals surface area contributed by atoms with Gasteiger partial charge in [0.25, 0.3) is 5.91 Å². The predicted molar refractivity (Wildman–Crippen MR) is 110 cm³/mol. The number of hydrogen-bond acceptors (Lipinski definition) is 4. The van der Waals surface area contributed by atoms with Crippen LogP contribution in [-0.2, 0) is 21.2 Å². The first-order chi connectivity index (χ1) is 13.3. The molecule has 6 heteroatoms. The highest BCUT2D eigenvalue weighted by Gasteiger charge is 2.19. The highest BCUT2D eigenvalue weighted by molar-refractivity contribution is 7.90. The van der Waals surface area contributed by atoms with Crippen LogP contribution in [0.1, 0.15) is 48.5 Å². The molecule has 1 aliphatic rings. The molecule has 2 aromatic carbocycles. The minimum absolute atomic E-state index is 0.129. The topological polar surface area (TPSA) is 72.5 Å². The van der Waals surface area contributed by atoms with Gasteiger partial charge in [0.2, 0.25) is 0 Å². The average Bonchev–Trinajstić information content (AvgIpc) is 2.66. The van der Waals surface area contributed by atoms with E-state index in [1.807, 2.05) is 24.3 Å². The van der Waals surface area contributed by atoms with E-state index in [4.69, 9.17) is 4.74 Å². The molecule has 0 aliphatic heterocycles. The van der Waals surface area contributed by atoms with Crippen LogP contribution in [0.15, 0.2) is 53.4 Å². The molecule has 2 atom stereocenters. The minimum atomic E-state index is -3.36. The molecule has 1 aliphatic carbocycles. The summed E-state index contributed by atoms with van der Waals surface area (Å²) in [4.78, 5) is 12.6. The van der Waals surface area contributed by atoms with Crippen LogP contribution in [0.4, 0.5) is 5.69 Å². The van der Waals surface area contributed by atoms with Crippen molar-refractivity contribution in [3.05, 3.63) is 59.7 Å². The van der Waals surface area contributed by atoms with Crippen molar-refractivity contribution in [1.82, 2.24) is 0 Å². The number of rotatable bonds is 6. The van der Waals surface area contributed by atoms with Gasteiger partial charge in [-0.05, 0) is 54.7 Å². The Morgan fingerprint density at radius 2 is 1.93 bits per heavy atom. The molecule has 5 nitrogen and oxygen atoms in total. The minimum Gasteiger partial charge on any atom is -0.374 e. The Hall–Kier alpha value is -2.18.